The molecule has 52 heavy (non-hydrogen) atoms. The van der Waals surface area contributed by atoms with Gasteiger partial charge in [-0.05, 0) is 93.6 Å². The van der Waals surface area contributed by atoms with E-state index in [0.717, 1.165) is 39.8 Å². The molecule has 0 aliphatic heterocycles. The molecule has 1 atom stereocenters. The van der Waals surface area contributed by atoms with Gasteiger partial charge < -0.3 is 0 Å². The molecule has 0 radical (unpaired) electrons. The first-order chi connectivity index (χ1) is 25.5. The van der Waals surface area contributed by atoms with Crippen LogP contribution in [0.3, 0.4) is 0 Å². The van der Waals surface area contributed by atoms with Crippen LogP contribution in [0.15, 0.2) is 169 Å². The fourth-order valence-electron chi connectivity index (χ4n) is 7.05. The fourth-order valence-corrected chi connectivity index (χ4v) is 7.78. The van der Waals surface area contributed by atoms with Crippen LogP contribution in [0.2, 0.25) is 0 Å². The Kier molecular flexibility index (Phi) is 9.48. The van der Waals surface area contributed by atoms with Crippen molar-refractivity contribution in [1.29, 1.82) is 0 Å². The van der Waals surface area contributed by atoms with Crippen molar-refractivity contribution in [3.8, 4) is 67.5 Å². The molecule has 0 saturated heterocycles. The van der Waals surface area contributed by atoms with Gasteiger partial charge in [0.1, 0.15) is 0 Å². The Morgan fingerprint density at radius 1 is 0.481 bits per heavy atom. The maximum Gasteiger partial charge on any atom is 0.164 e. The van der Waals surface area contributed by atoms with E-state index in [0.29, 0.717) is 23.4 Å². The molecule has 0 amide bonds. The van der Waals surface area contributed by atoms with Gasteiger partial charge in [-0.3, -0.25) is 0 Å². The highest BCUT2D eigenvalue weighted by Gasteiger charge is 2.18. The SMILES string of the molecule is CSC1=CC=CCC1c1ccc(-c2ccc(-c3nc(-c4cccc(-c5ccccc5)c4)nc(-c4ccc(-c5ccccc5C)c(C)c4)n3)cc2)cc1. The molecular formula is C48H39N3S. The third kappa shape index (κ3) is 6.90. The molecule has 4 heteroatoms. The zero-order valence-corrected chi connectivity index (χ0v) is 30.4. The summed E-state index contributed by atoms with van der Waals surface area (Å²) in [5.74, 6) is 2.38. The Labute approximate surface area is 310 Å². The van der Waals surface area contributed by atoms with Crippen molar-refractivity contribution in [2.45, 2.75) is 26.2 Å². The number of hydrogen-bond acceptors (Lipinski definition) is 4. The van der Waals surface area contributed by atoms with E-state index in [2.05, 4.69) is 178 Å². The summed E-state index contributed by atoms with van der Waals surface area (Å²) in [5.41, 5.74) is 13.7. The van der Waals surface area contributed by atoms with Crippen LogP contribution in [0.25, 0.3) is 67.5 Å². The largest absolute Gasteiger partial charge is 0.208 e. The molecule has 0 fully saturated rings. The number of nitrogens with zero attached hydrogens (tertiary/aromatic N) is 3. The molecule has 0 saturated carbocycles. The Morgan fingerprint density at radius 2 is 1.02 bits per heavy atom. The highest BCUT2D eigenvalue weighted by atomic mass is 32.2. The van der Waals surface area contributed by atoms with Crippen LogP contribution in [0.5, 0.6) is 0 Å². The van der Waals surface area contributed by atoms with Gasteiger partial charge in [0, 0.05) is 22.6 Å². The minimum absolute atomic E-state index is 0.430. The summed E-state index contributed by atoms with van der Waals surface area (Å²) in [4.78, 5) is 16.7. The fraction of sp³-hybridized carbons (Fsp3) is 0.104. The highest BCUT2D eigenvalue weighted by molar-refractivity contribution is 8.02. The summed E-state index contributed by atoms with van der Waals surface area (Å²) < 4.78 is 0. The first kappa shape index (κ1) is 33.3. The minimum Gasteiger partial charge on any atom is -0.208 e. The molecule has 1 aromatic heterocycles. The standard InChI is InChI=1S/C48H39N3S/c1-32-12-7-8-17-42(32)43-29-28-41(30-33(43)2)48-50-46(49-47(51-48)40-16-11-15-39(31-40)34-13-5-4-6-14-34)38-26-22-36(23-27-38)35-20-24-37(25-21-35)44-18-9-10-19-45(44)52-3/h4-17,19-31,44H,18H2,1-3H3. The summed E-state index contributed by atoms with van der Waals surface area (Å²) in [6, 6.07) is 51.5. The topological polar surface area (TPSA) is 38.7 Å². The second-order valence-electron chi connectivity index (χ2n) is 13.3. The van der Waals surface area contributed by atoms with Crippen molar-refractivity contribution >= 4 is 11.8 Å². The molecule has 252 valence electrons. The Balaban J connectivity index is 1.16. The van der Waals surface area contributed by atoms with Gasteiger partial charge in [0.15, 0.2) is 17.5 Å². The smallest absolute Gasteiger partial charge is 0.164 e. The van der Waals surface area contributed by atoms with E-state index in [1.807, 2.05) is 17.8 Å². The Bertz CT molecular complexity index is 2430. The quantitative estimate of drug-likeness (QED) is 0.159. The summed E-state index contributed by atoms with van der Waals surface area (Å²) in [7, 11) is 0. The molecule has 1 unspecified atom stereocenters. The molecule has 1 heterocycles. The third-order valence-electron chi connectivity index (χ3n) is 9.92. The van der Waals surface area contributed by atoms with Crippen molar-refractivity contribution in [1.82, 2.24) is 15.0 Å². The van der Waals surface area contributed by atoms with Crippen molar-refractivity contribution in [2.24, 2.45) is 0 Å². The number of thioether (sulfide) groups is 1. The number of benzene rings is 6. The number of hydrogen-bond donors (Lipinski definition) is 0. The molecule has 0 N–H and O–H groups in total. The van der Waals surface area contributed by atoms with E-state index in [-0.39, 0.29) is 0 Å². The number of aryl methyl sites for hydroxylation is 2. The molecule has 6 aromatic carbocycles. The van der Waals surface area contributed by atoms with Crippen LogP contribution in [-0.4, -0.2) is 21.2 Å². The van der Waals surface area contributed by atoms with Crippen LogP contribution in [-0.2, 0) is 0 Å². The second kappa shape index (κ2) is 14.8. The molecule has 0 spiro atoms. The minimum atomic E-state index is 0.430. The number of aromatic nitrogens is 3. The van der Waals surface area contributed by atoms with Crippen molar-refractivity contribution in [3.63, 3.8) is 0 Å². The third-order valence-corrected chi connectivity index (χ3v) is 10.8. The van der Waals surface area contributed by atoms with Crippen LogP contribution in [0, 0.1) is 13.8 Å². The molecule has 3 nitrogen and oxygen atoms in total. The van der Waals surface area contributed by atoms with E-state index in [1.165, 1.54) is 38.3 Å². The van der Waals surface area contributed by atoms with Crippen molar-refractivity contribution in [2.75, 3.05) is 6.26 Å². The lowest BCUT2D eigenvalue weighted by atomic mass is 9.91. The number of rotatable bonds is 8. The van der Waals surface area contributed by atoms with Crippen LogP contribution >= 0.6 is 11.8 Å². The molecule has 1 aliphatic rings. The predicted octanol–water partition coefficient (Wildman–Crippen LogP) is 12.8. The molecular weight excluding hydrogens is 651 g/mol. The van der Waals surface area contributed by atoms with E-state index in [1.54, 1.807) is 0 Å². The maximum atomic E-state index is 5.09. The summed E-state index contributed by atoms with van der Waals surface area (Å²) in [6.07, 6.45) is 9.88. The first-order valence-electron chi connectivity index (χ1n) is 17.7. The normalized spacial score (nSPS) is 13.9. The van der Waals surface area contributed by atoms with Gasteiger partial charge in [-0.25, -0.2) is 15.0 Å². The van der Waals surface area contributed by atoms with Gasteiger partial charge in [0.05, 0.1) is 0 Å². The Morgan fingerprint density at radius 3 is 1.71 bits per heavy atom. The zero-order chi connectivity index (χ0) is 35.4. The average Bonchev–Trinajstić information content (AvgIpc) is 3.21. The van der Waals surface area contributed by atoms with E-state index in [9.17, 15) is 0 Å². The summed E-state index contributed by atoms with van der Waals surface area (Å²) in [5, 5.41) is 0. The molecule has 8 rings (SSSR count). The van der Waals surface area contributed by atoms with Gasteiger partial charge in [0.2, 0.25) is 0 Å². The van der Waals surface area contributed by atoms with Crippen molar-refractivity contribution < 1.29 is 0 Å². The lowest BCUT2D eigenvalue weighted by molar-refractivity contribution is 0.841. The molecule has 7 aromatic rings. The van der Waals surface area contributed by atoms with Gasteiger partial charge in [-0.2, -0.15) is 0 Å². The maximum absolute atomic E-state index is 5.09. The Hall–Kier alpha value is -5.84. The monoisotopic (exact) mass is 689 g/mol. The average molecular weight is 690 g/mol. The zero-order valence-electron chi connectivity index (χ0n) is 29.6. The molecule has 0 bridgehead atoms. The van der Waals surface area contributed by atoms with Gasteiger partial charge >= 0.3 is 0 Å². The van der Waals surface area contributed by atoms with Crippen LogP contribution in [0.1, 0.15) is 29.0 Å². The first-order valence-corrected chi connectivity index (χ1v) is 19.0. The van der Waals surface area contributed by atoms with Crippen molar-refractivity contribution in [3.05, 3.63) is 185 Å². The van der Waals surface area contributed by atoms with E-state index >= 15 is 0 Å². The molecule has 1 aliphatic carbocycles. The summed E-state index contributed by atoms with van der Waals surface area (Å²) in [6.45, 7) is 4.32. The highest BCUT2D eigenvalue weighted by Crippen LogP contribution is 2.38. The number of allylic oxidation sites excluding steroid dienone is 4. The van der Waals surface area contributed by atoms with E-state index in [4.69, 9.17) is 15.0 Å². The van der Waals surface area contributed by atoms with Gasteiger partial charge in [-0.1, -0.05) is 152 Å². The van der Waals surface area contributed by atoms with Gasteiger partial charge in [-0.15, -0.1) is 11.8 Å². The second-order valence-corrected chi connectivity index (χ2v) is 14.2. The lowest BCUT2D eigenvalue weighted by Crippen LogP contribution is -2.02. The lowest BCUT2D eigenvalue weighted by Gasteiger charge is -2.20. The van der Waals surface area contributed by atoms with Gasteiger partial charge in [0.25, 0.3) is 0 Å². The van der Waals surface area contributed by atoms with E-state index < -0.39 is 0 Å². The summed E-state index contributed by atoms with van der Waals surface area (Å²) >= 11 is 1.84. The predicted molar refractivity (Wildman–Crippen MR) is 220 cm³/mol. The van der Waals surface area contributed by atoms with Crippen LogP contribution < -0.4 is 0 Å². The van der Waals surface area contributed by atoms with Crippen LogP contribution in [0.4, 0.5) is 0 Å².